The minimum absolute atomic E-state index is 0.0813. The van der Waals surface area contributed by atoms with Gasteiger partial charge in [0.15, 0.2) is 5.69 Å². The average molecular weight is 276 g/mol. The normalized spacial score (nSPS) is 24.2. The number of hydrogen-bond donors (Lipinski definition) is 0. The first kappa shape index (κ1) is 13.6. The number of carbonyl (C=O) groups excluding carboxylic acids is 1. The smallest absolute Gasteiger partial charge is 0.276 e. The minimum Gasteiger partial charge on any atom is -0.334 e. The lowest BCUT2D eigenvalue weighted by molar-refractivity contribution is 0.0654. The fraction of sp³-hybridized carbons (Fsp3) is 0.800. The maximum atomic E-state index is 12.6. The van der Waals surface area contributed by atoms with E-state index in [2.05, 4.69) is 15.1 Å². The maximum Gasteiger partial charge on any atom is 0.276 e. The number of nitrogens with zero attached hydrogens (tertiary/aromatic N) is 4. The lowest BCUT2D eigenvalue weighted by atomic mass is 9.83. The summed E-state index contributed by atoms with van der Waals surface area (Å²) in [6.45, 7) is 3.58. The Morgan fingerprint density at radius 3 is 2.75 bits per heavy atom. The Morgan fingerprint density at radius 2 is 2.05 bits per heavy atom. The van der Waals surface area contributed by atoms with Crippen LogP contribution in [0.15, 0.2) is 6.20 Å². The highest BCUT2D eigenvalue weighted by atomic mass is 16.2. The van der Waals surface area contributed by atoms with Crippen molar-refractivity contribution in [3.8, 4) is 0 Å². The van der Waals surface area contributed by atoms with Crippen molar-refractivity contribution in [2.45, 2.75) is 64.5 Å². The third-order valence-electron chi connectivity index (χ3n) is 4.79. The molecule has 0 spiro atoms. The van der Waals surface area contributed by atoms with Crippen LogP contribution in [0.25, 0.3) is 0 Å². The molecule has 0 bridgehead atoms. The maximum absolute atomic E-state index is 12.6. The number of aryl methyl sites for hydroxylation is 1. The van der Waals surface area contributed by atoms with Gasteiger partial charge in [0, 0.05) is 12.6 Å². The Bertz CT molecular complexity index is 464. The van der Waals surface area contributed by atoms with Crippen LogP contribution in [-0.4, -0.2) is 38.4 Å². The van der Waals surface area contributed by atoms with E-state index in [1.165, 1.54) is 38.5 Å². The van der Waals surface area contributed by atoms with Gasteiger partial charge in [0.2, 0.25) is 0 Å². The number of likely N-dealkylation sites (tertiary alicyclic amines) is 1. The molecule has 1 saturated carbocycles. The van der Waals surface area contributed by atoms with Crippen molar-refractivity contribution >= 4 is 5.91 Å². The van der Waals surface area contributed by atoms with Crippen molar-refractivity contribution in [2.75, 3.05) is 6.54 Å². The molecule has 3 rings (SSSR count). The van der Waals surface area contributed by atoms with Gasteiger partial charge in [0.25, 0.3) is 5.91 Å². The predicted octanol–water partition coefficient (Wildman–Crippen LogP) is 2.48. The highest BCUT2D eigenvalue weighted by Crippen LogP contribution is 2.34. The Morgan fingerprint density at radius 1 is 1.25 bits per heavy atom. The summed E-state index contributed by atoms with van der Waals surface area (Å²) in [5, 5.41) is 8.39. The molecule has 1 aliphatic heterocycles. The van der Waals surface area contributed by atoms with E-state index in [9.17, 15) is 4.79 Å². The first-order chi connectivity index (χ1) is 9.79. The molecule has 1 aromatic heterocycles. The van der Waals surface area contributed by atoms with E-state index in [4.69, 9.17) is 0 Å². The molecule has 1 unspecified atom stereocenters. The van der Waals surface area contributed by atoms with E-state index in [1.54, 1.807) is 11.0 Å². The van der Waals surface area contributed by atoms with Gasteiger partial charge in [0.05, 0.1) is 12.7 Å². The number of amides is 1. The van der Waals surface area contributed by atoms with Crippen molar-refractivity contribution in [1.29, 1.82) is 0 Å². The van der Waals surface area contributed by atoms with Crippen molar-refractivity contribution in [1.82, 2.24) is 19.9 Å². The van der Waals surface area contributed by atoms with Gasteiger partial charge in [-0.25, -0.2) is 0 Å². The molecule has 1 amide bonds. The van der Waals surface area contributed by atoms with Crippen molar-refractivity contribution < 1.29 is 4.79 Å². The van der Waals surface area contributed by atoms with Gasteiger partial charge in [-0.05, 0) is 38.5 Å². The molecule has 1 aliphatic carbocycles. The summed E-state index contributed by atoms with van der Waals surface area (Å²) in [7, 11) is 0. The lowest BCUT2D eigenvalue weighted by Gasteiger charge is -2.33. The summed E-state index contributed by atoms with van der Waals surface area (Å²) in [4.78, 5) is 16.3. The number of carbonyl (C=O) groups is 1. The summed E-state index contributed by atoms with van der Waals surface area (Å²) in [6, 6.07) is 0.439. The summed E-state index contributed by atoms with van der Waals surface area (Å²) < 4.78 is 0. The quantitative estimate of drug-likeness (QED) is 0.852. The molecule has 1 atom stereocenters. The zero-order valence-corrected chi connectivity index (χ0v) is 12.3. The summed E-state index contributed by atoms with van der Waals surface area (Å²) >= 11 is 0. The van der Waals surface area contributed by atoms with Gasteiger partial charge in [-0.2, -0.15) is 9.90 Å². The molecule has 2 aliphatic rings. The van der Waals surface area contributed by atoms with Crippen LogP contribution in [0.4, 0.5) is 0 Å². The molecule has 20 heavy (non-hydrogen) atoms. The molecule has 2 heterocycles. The van der Waals surface area contributed by atoms with E-state index >= 15 is 0 Å². The lowest BCUT2D eigenvalue weighted by Crippen LogP contribution is -2.41. The van der Waals surface area contributed by atoms with Gasteiger partial charge in [0.1, 0.15) is 0 Å². The summed E-state index contributed by atoms with van der Waals surface area (Å²) in [6.07, 6.45) is 10.5. The highest BCUT2D eigenvalue weighted by Gasteiger charge is 2.36. The Hall–Kier alpha value is -1.39. The zero-order valence-electron chi connectivity index (χ0n) is 12.3. The second kappa shape index (κ2) is 5.94. The molecule has 1 aromatic rings. The SMILES string of the molecule is CCn1ncc(C(=O)N2CCCC2C2CCCCC2)n1. The molecule has 5 heteroatoms. The minimum atomic E-state index is 0.0813. The fourth-order valence-electron chi connectivity index (χ4n) is 3.75. The van der Waals surface area contributed by atoms with Crippen LogP contribution < -0.4 is 0 Å². The van der Waals surface area contributed by atoms with Crippen molar-refractivity contribution in [3.05, 3.63) is 11.9 Å². The van der Waals surface area contributed by atoms with Crippen LogP contribution in [0.1, 0.15) is 62.4 Å². The zero-order chi connectivity index (χ0) is 13.9. The number of aromatic nitrogens is 3. The average Bonchev–Trinajstić information content (AvgIpc) is 3.16. The van der Waals surface area contributed by atoms with Gasteiger partial charge in [-0.3, -0.25) is 4.79 Å². The number of hydrogen-bond acceptors (Lipinski definition) is 3. The molecule has 0 radical (unpaired) electrons. The molecule has 0 aromatic carbocycles. The second-order valence-corrected chi connectivity index (χ2v) is 6.02. The van der Waals surface area contributed by atoms with Gasteiger partial charge in [-0.1, -0.05) is 19.3 Å². The van der Waals surface area contributed by atoms with Crippen LogP contribution in [0.5, 0.6) is 0 Å². The predicted molar refractivity (Wildman–Crippen MR) is 76.3 cm³/mol. The van der Waals surface area contributed by atoms with Crippen molar-refractivity contribution in [3.63, 3.8) is 0 Å². The van der Waals surface area contributed by atoms with Crippen LogP contribution >= 0.6 is 0 Å². The Kier molecular flexibility index (Phi) is 4.03. The third kappa shape index (κ3) is 2.58. The molecule has 0 N–H and O–H groups in total. The van der Waals surface area contributed by atoms with Gasteiger partial charge >= 0.3 is 0 Å². The summed E-state index contributed by atoms with van der Waals surface area (Å²) in [5.41, 5.74) is 0.509. The first-order valence-electron chi connectivity index (χ1n) is 8.00. The second-order valence-electron chi connectivity index (χ2n) is 6.02. The van der Waals surface area contributed by atoms with E-state index in [0.29, 0.717) is 24.2 Å². The topological polar surface area (TPSA) is 51.0 Å². The molecule has 5 nitrogen and oxygen atoms in total. The highest BCUT2D eigenvalue weighted by molar-refractivity contribution is 5.92. The molecule has 2 fully saturated rings. The molecule has 110 valence electrons. The van der Waals surface area contributed by atoms with E-state index in [0.717, 1.165) is 13.0 Å². The summed E-state index contributed by atoms with van der Waals surface area (Å²) in [5.74, 6) is 0.786. The molecular weight excluding hydrogens is 252 g/mol. The van der Waals surface area contributed by atoms with Crippen LogP contribution in [0.3, 0.4) is 0 Å². The molecular formula is C15H24N4O. The third-order valence-corrected chi connectivity index (χ3v) is 4.79. The largest absolute Gasteiger partial charge is 0.334 e. The monoisotopic (exact) mass is 276 g/mol. The van der Waals surface area contributed by atoms with Crippen LogP contribution in [0.2, 0.25) is 0 Å². The van der Waals surface area contributed by atoms with Crippen LogP contribution in [0, 0.1) is 5.92 Å². The van der Waals surface area contributed by atoms with E-state index < -0.39 is 0 Å². The molecule has 1 saturated heterocycles. The standard InChI is InChI=1S/C15H24N4O/c1-2-19-16-11-13(17-19)15(20)18-10-6-9-14(18)12-7-4-3-5-8-12/h11-12,14H,2-10H2,1H3. The Labute approximate surface area is 120 Å². The van der Waals surface area contributed by atoms with E-state index in [-0.39, 0.29) is 5.91 Å². The fourth-order valence-corrected chi connectivity index (χ4v) is 3.75. The van der Waals surface area contributed by atoms with Gasteiger partial charge < -0.3 is 4.90 Å². The van der Waals surface area contributed by atoms with E-state index in [1.807, 2.05) is 6.92 Å². The van der Waals surface area contributed by atoms with Crippen LogP contribution in [-0.2, 0) is 6.54 Å². The van der Waals surface area contributed by atoms with Crippen molar-refractivity contribution in [2.24, 2.45) is 5.92 Å². The van der Waals surface area contributed by atoms with Gasteiger partial charge in [-0.15, -0.1) is 5.10 Å². The first-order valence-corrected chi connectivity index (χ1v) is 8.00. The Balaban J connectivity index is 1.72. The number of rotatable bonds is 3.